The topological polar surface area (TPSA) is 60.1 Å². The molecule has 1 N–H and O–H groups in total. The molecule has 2 aromatic heterocycles. The van der Waals surface area contributed by atoms with Crippen LogP contribution >= 0.6 is 0 Å². The number of ketones is 1. The van der Waals surface area contributed by atoms with Gasteiger partial charge in [0.15, 0.2) is 0 Å². The molecule has 2 atom stereocenters. The zero-order valence-electron chi connectivity index (χ0n) is 17.2. The molecule has 0 amide bonds. The quantitative estimate of drug-likeness (QED) is 0.661. The van der Waals surface area contributed by atoms with E-state index >= 15 is 0 Å². The molecule has 0 spiro atoms. The number of nitrogens with one attached hydrogen (secondary N) is 1. The molecular formula is C24H25N3O2. The molecule has 29 heavy (non-hydrogen) atoms. The maximum atomic E-state index is 13.2. The number of Topliss-reactive ketones (excluding diaryl/α,β-unsaturated/α-hetero) is 1. The molecule has 0 saturated carbocycles. The normalized spacial score (nSPS) is 22.5. The van der Waals surface area contributed by atoms with E-state index in [2.05, 4.69) is 56.4 Å². The lowest BCUT2D eigenvalue weighted by Gasteiger charge is -2.39. The lowest BCUT2D eigenvalue weighted by Crippen LogP contribution is -2.39. The summed E-state index contributed by atoms with van der Waals surface area (Å²) in [7, 11) is 0. The number of nitrogens with zero attached hydrogens (tertiary/aromatic N) is 2. The smallest absolute Gasteiger partial charge is 0.143 e. The van der Waals surface area contributed by atoms with Crippen LogP contribution in [0.4, 0.5) is 5.82 Å². The molecule has 0 unspecified atom stereocenters. The highest BCUT2D eigenvalue weighted by Gasteiger charge is 2.47. The number of hydrogen-bond donors (Lipinski definition) is 1. The first-order chi connectivity index (χ1) is 13.8. The minimum Gasteiger partial charge on any atom is -0.469 e. The highest BCUT2D eigenvalue weighted by Crippen LogP contribution is 2.50. The van der Waals surface area contributed by atoms with Gasteiger partial charge in [-0.15, -0.1) is 0 Å². The van der Waals surface area contributed by atoms with Gasteiger partial charge in [-0.25, -0.2) is 4.68 Å². The van der Waals surface area contributed by atoms with Crippen LogP contribution in [0.3, 0.4) is 0 Å². The third-order valence-electron chi connectivity index (χ3n) is 6.00. The maximum absolute atomic E-state index is 13.2. The molecule has 5 nitrogen and oxygen atoms in total. The van der Waals surface area contributed by atoms with Crippen LogP contribution in [-0.2, 0) is 4.79 Å². The van der Waals surface area contributed by atoms with Gasteiger partial charge in [-0.3, -0.25) is 4.79 Å². The van der Waals surface area contributed by atoms with Gasteiger partial charge in [-0.05, 0) is 43.5 Å². The second-order valence-electron chi connectivity index (χ2n) is 8.92. The third kappa shape index (κ3) is 2.84. The standard InChI is InChI=1S/C24H25N3O2/c1-14-7-9-16(10-8-14)27-23-20(15(2)26-27)22(19-6-5-11-29-19)21-17(25-23)12-24(3,4)13-18(21)28/h5-12,21-22,25H,13H2,1-4H3/t21-,22+/m1/s1. The zero-order chi connectivity index (χ0) is 20.3. The molecule has 3 aromatic rings. The molecule has 1 aliphatic carbocycles. The zero-order valence-corrected chi connectivity index (χ0v) is 17.2. The van der Waals surface area contributed by atoms with Gasteiger partial charge in [0.1, 0.15) is 17.4 Å². The van der Waals surface area contributed by atoms with Gasteiger partial charge < -0.3 is 9.73 Å². The Morgan fingerprint density at radius 2 is 1.90 bits per heavy atom. The highest BCUT2D eigenvalue weighted by atomic mass is 16.3. The van der Waals surface area contributed by atoms with Crippen molar-refractivity contribution in [2.45, 2.75) is 40.0 Å². The van der Waals surface area contributed by atoms with Crippen LogP contribution in [0.15, 0.2) is 58.9 Å². The van der Waals surface area contributed by atoms with Crippen LogP contribution in [0.5, 0.6) is 0 Å². The number of hydrogen-bond acceptors (Lipinski definition) is 4. The molecule has 0 saturated heterocycles. The second kappa shape index (κ2) is 6.21. The number of aryl methyl sites for hydroxylation is 2. The maximum Gasteiger partial charge on any atom is 0.143 e. The summed E-state index contributed by atoms with van der Waals surface area (Å²) in [6.07, 6.45) is 4.41. The van der Waals surface area contributed by atoms with E-state index in [-0.39, 0.29) is 23.0 Å². The van der Waals surface area contributed by atoms with Crippen molar-refractivity contribution in [3.05, 3.63) is 77.0 Å². The van der Waals surface area contributed by atoms with Crippen LogP contribution < -0.4 is 5.32 Å². The van der Waals surface area contributed by atoms with E-state index in [1.165, 1.54) is 5.56 Å². The molecule has 148 valence electrons. The predicted octanol–water partition coefficient (Wildman–Crippen LogP) is 5.14. The average Bonchev–Trinajstić information content (AvgIpc) is 3.28. The molecule has 3 heterocycles. The number of aromatic nitrogens is 2. The van der Waals surface area contributed by atoms with Crippen molar-refractivity contribution in [1.82, 2.24) is 9.78 Å². The summed E-state index contributed by atoms with van der Waals surface area (Å²) < 4.78 is 7.77. The van der Waals surface area contributed by atoms with Gasteiger partial charge in [-0.1, -0.05) is 37.6 Å². The number of carbonyl (C=O) groups is 1. The Kier molecular flexibility index (Phi) is 3.85. The second-order valence-corrected chi connectivity index (χ2v) is 8.92. The minimum absolute atomic E-state index is 0.171. The van der Waals surface area contributed by atoms with Crippen molar-refractivity contribution in [3.63, 3.8) is 0 Å². The Morgan fingerprint density at radius 3 is 2.59 bits per heavy atom. The highest BCUT2D eigenvalue weighted by molar-refractivity contribution is 5.90. The summed E-state index contributed by atoms with van der Waals surface area (Å²) in [6, 6.07) is 12.2. The first-order valence-corrected chi connectivity index (χ1v) is 10.1. The van der Waals surface area contributed by atoms with Gasteiger partial charge in [-0.2, -0.15) is 5.10 Å². The fraction of sp³-hybridized carbons (Fsp3) is 0.333. The van der Waals surface area contributed by atoms with Crippen LogP contribution in [0, 0.1) is 25.2 Å². The number of allylic oxidation sites excluding steroid dienone is 2. The summed E-state index contributed by atoms with van der Waals surface area (Å²) in [5.74, 6) is 1.53. The molecule has 5 rings (SSSR count). The van der Waals surface area contributed by atoms with Crippen molar-refractivity contribution in [1.29, 1.82) is 0 Å². The van der Waals surface area contributed by atoms with Gasteiger partial charge in [0, 0.05) is 17.7 Å². The fourth-order valence-electron chi connectivity index (χ4n) is 4.76. The monoisotopic (exact) mass is 387 g/mol. The third-order valence-corrected chi connectivity index (χ3v) is 6.00. The number of anilines is 1. The molecule has 2 aliphatic rings. The van der Waals surface area contributed by atoms with Gasteiger partial charge in [0.25, 0.3) is 0 Å². The molecule has 5 heteroatoms. The SMILES string of the molecule is Cc1ccc(-n2nc(C)c3c2NC2=CC(C)(C)CC(=O)[C@@H]2[C@H]3c2ccco2)cc1. The Labute approximate surface area is 170 Å². The van der Waals surface area contributed by atoms with Crippen LogP contribution in [0.1, 0.15) is 48.8 Å². The van der Waals surface area contributed by atoms with E-state index in [9.17, 15) is 4.79 Å². The van der Waals surface area contributed by atoms with Gasteiger partial charge >= 0.3 is 0 Å². The van der Waals surface area contributed by atoms with E-state index in [0.717, 1.165) is 34.2 Å². The lowest BCUT2D eigenvalue weighted by molar-refractivity contribution is -0.124. The van der Waals surface area contributed by atoms with Gasteiger partial charge in [0.05, 0.1) is 29.5 Å². The van der Waals surface area contributed by atoms with Crippen molar-refractivity contribution < 1.29 is 9.21 Å². The number of carbonyl (C=O) groups excluding carboxylic acids is 1. The lowest BCUT2D eigenvalue weighted by atomic mass is 9.68. The van der Waals surface area contributed by atoms with E-state index in [1.807, 2.05) is 23.7 Å². The molecule has 0 fully saturated rings. The molecule has 0 radical (unpaired) electrons. The van der Waals surface area contributed by atoms with E-state index in [1.54, 1.807) is 6.26 Å². The van der Waals surface area contributed by atoms with Crippen LogP contribution in [0.2, 0.25) is 0 Å². The Morgan fingerprint density at radius 1 is 1.14 bits per heavy atom. The molecule has 0 bridgehead atoms. The summed E-state index contributed by atoms with van der Waals surface area (Å²) in [4.78, 5) is 13.2. The number of furan rings is 1. The van der Waals surface area contributed by atoms with Crippen LogP contribution in [0.25, 0.3) is 5.69 Å². The largest absolute Gasteiger partial charge is 0.469 e. The van der Waals surface area contributed by atoms with Gasteiger partial charge in [0.2, 0.25) is 0 Å². The van der Waals surface area contributed by atoms with E-state index < -0.39 is 0 Å². The summed E-state index contributed by atoms with van der Waals surface area (Å²) in [5.41, 5.74) is 4.92. The summed E-state index contributed by atoms with van der Waals surface area (Å²) in [5, 5.41) is 8.42. The Hall–Kier alpha value is -3.08. The fourth-order valence-corrected chi connectivity index (χ4v) is 4.76. The number of fused-ring (bicyclic) bond motifs is 2. The minimum atomic E-state index is -0.268. The van der Waals surface area contributed by atoms with Crippen molar-refractivity contribution >= 4 is 11.6 Å². The summed E-state index contributed by atoms with van der Waals surface area (Å²) in [6.45, 7) is 8.29. The van der Waals surface area contributed by atoms with Crippen molar-refractivity contribution in [2.75, 3.05) is 5.32 Å². The van der Waals surface area contributed by atoms with E-state index in [4.69, 9.17) is 9.52 Å². The molecule has 1 aromatic carbocycles. The number of benzene rings is 1. The average molecular weight is 387 g/mol. The Bertz CT molecular complexity index is 1120. The Balaban J connectivity index is 1.75. The van der Waals surface area contributed by atoms with Crippen molar-refractivity contribution in [3.8, 4) is 5.69 Å². The van der Waals surface area contributed by atoms with E-state index in [0.29, 0.717) is 6.42 Å². The summed E-state index contributed by atoms with van der Waals surface area (Å²) >= 11 is 0. The van der Waals surface area contributed by atoms with Crippen molar-refractivity contribution in [2.24, 2.45) is 11.3 Å². The first kappa shape index (κ1) is 18.0. The molecule has 1 aliphatic heterocycles. The first-order valence-electron chi connectivity index (χ1n) is 10.1. The number of rotatable bonds is 2. The predicted molar refractivity (Wildman–Crippen MR) is 112 cm³/mol. The molecular weight excluding hydrogens is 362 g/mol. The van der Waals surface area contributed by atoms with Crippen LogP contribution in [-0.4, -0.2) is 15.6 Å².